The summed E-state index contributed by atoms with van der Waals surface area (Å²) in [6, 6.07) is 5.86. The Bertz CT molecular complexity index is 1020. The zero-order valence-corrected chi connectivity index (χ0v) is 19.2. The van der Waals surface area contributed by atoms with Gasteiger partial charge in [-0.15, -0.1) is 0 Å². The highest BCUT2D eigenvalue weighted by molar-refractivity contribution is 14.1. The van der Waals surface area contributed by atoms with Gasteiger partial charge in [-0.05, 0) is 65.9 Å². The maximum Gasteiger partial charge on any atom is 0.270 e. The van der Waals surface area contributed by atoms with Crippen LogP contribution >= 0.6 is 22.6 Å². The topological polar surface area (TPSA) is 64.6 Å². The zero-order chi connectivity index (χ0) is 24.3. The molecule has 180 valence electrons. The lowest BCUT2D eigenvalue weighted by Crippen LogP contribution is -2.64. The van der Waals surface area contributed by atoms with E-state index < -0.39 is 53.8 Å². The molecule has 1 saturated heterocycles. The van der Waals surface area contributed by atoms with Gasteiger partial charge in [-0.2, -0.15) is 0 Å². The lowest BCUT2D eigenvalue weighted by Gasteiger charge is -2.46. The number of hydrogen-bond acceptors (Lipinski definition) is 4. The molecule has 33 heavy (non-hydrogen) atoms. The molecule has 1 aliphatic rings. The van der Waals surface area contributed by atoms with Crippen molar-refractivity contribution in [3.05, 3.63) is 56.9 Å². The molecule has 0 radical (unpaired) electrons. The van der Waals surface area contributed by atoms with Gasteiger partial charge in [0.2, 0.25) is 0 Å². The molecular weight excluding hydrogens is 567 g/mol. The molecular formula is C21H20F6IN3O2. The van der Waals surface area contributed by atoms with Gasteiger partial charge in [-0.3, -0.25) is 4.79 Å². The number of carbonyl (C=O) groups is 1. The van der Waals surface area contributed by atoms with Crippen molar-refractivity contribution in [1.29, 1.82) is 0 Å². The van der Waals surface area contributed by atoms with Crippen molar-refractivity contribution >= 4 is 39.9 Å². The molecule has 3 N–H and O–H groups in total. The first-order valence-electron chi connectivity index (χ1n) is 9.85. The molecule has 2 aromatic rings. The van der Waals surface area contributed by atoms with Crippen LogP contribution in [0.15, 0.2) is 30.3 Å². The van der Waals surface area contributed by atoms with Crippen molar-refractivity contribution < 1.29 is 36.2 Å². The molecule has 1 heterocycles. The van der Waals surface area contributed by atoms with Crippen molar-refractivity contribution in [3.8, 4) is 0 Å². The summed E-state index contributed by atoms with van der Waals surface area (Å²) < 4.78 is 80.3. The predicted molar refractivity (Wildman–Crippen MR) is 118 cm³/mol. The van der Waals surface area contributed by atoms with Crippen molar-refractivity contribution in [2.24, 2.45) is 0 Å². The summed E-state index contributed by atoms with van der Waals surface area (Å²) in [6.45, 7) is -0.847. The van der Waals surface area contributed by atoms with Crippen LogP contribution in [0.25, 0.3) is 0 Å². The van der Waals surface area contributed by atoms with Crippen molar-refractivity contribution in [3.63, 3.8) is 0 Å². The molecule has 1 unspecified atom stereocenters. The van der Waals surface area contributed by atoms with E-state index >= 15 is 0 Å². The number of likely N-dealkylation sites (tertiary alicyclic amines) is 1. The summed E-state index contributed by atoms with van der Waals surface area (Å²) in [5, 5.41) is 15.3. The lowest BCUT2D eigenvalue weighted by molar-refractivity contribution is -0.0853. The van der Waals surface area contributed by atoms with E-state index in [-0.39, 0.29) is 37.3 Å². The van der Waals surface area contributed by atoms with Crippen molar-refractivity contribution in [2.45, 2.75) is 24.6 Å². The third kappa shape index (κ3) is 6.09. The predicted octanol–water partition coefficient (Wildman–Crippen LogP) is 4.22. The Labute approximate surface area is 199 Å². The first-order chi connectivity index (χ1) is 15.5. The Kier molecular flexibility index (Phi) is 8.11. The van der Waals surface area contributed by atoms with E-state index in [1.807, 2.05) is 22.6 Å². The van der Waals surface area contributed by atoms with Crippen LogP contribution in [0.2, 0.25) is 0 Å². The van der Waals surface area contributed by atoms with E-state index in [1.54, 1.807) is 6.07 Å². The van der Waals surface area contributed by atoms with Gasteiger partial charge in [0.15, 0.2) is 17.8 Å². The van der Waals surface area contributed by atoms with E-state index in [1.165, 1.54) is 17.0 Å². The molecule has 1 atom stereocenters. The van der Waals surface area contributed by atoms with Gasteiger partial charge in [-0.25, -0.2) is 26.3 Å². The van der Waals surface area contributed by atoms with Crippen LogP contribution in [0.1, 0.15) is 16.8 Å². The van der Waals surface area contributed by atoms with Crippen LogP contribution in [0.3, 0.4) is 0 Å². The minimum atomic E-state index is -3.11. The molecule has 0 aliphatic carbocycles. The number of hydrogen-bond donors (Lipinski definition) is 3. The minimum Gasteiger partial charge on any atom is -0.386 e. The summed E-state index contributed by atoms with van der Waals surface area (Å²) >= 11 is 1.88. The number of β-amino-alcohol motifs (C(OH)–C–C–N with tert-alkyl or cyclic N) is 1. The van der Waals surface area contributed by atoms with Gasteiger partial charge in [0.05, 0.1) is 30.0 Å². The van der Waals surface area contributed by atoms with Gasteiger partial charge < -0.3 is 20.6 Å². The van der Waals surface area contributed by atoms with Crippen LogP contribution < -0.4 is 10.6 Å². The van der Waals surface area contributed by atoms with Crippen molar-refractivity contribution in [2.75, 3.05) is 31.5 Å². The molecule has 3 rings (SSSR count). The van der Waals surface area contributed by atoms with Gasteiger partial charge in [-0.1, -0.05) is 0 Å². The first kappa shape index (κ1) is 25.6. The first-order valence-corrected chi connectivity index (χ1v) is 10.9. The standard InChI is InChI=1S/C21H20F6IN3O2/c22-13-3-2-12(18(17(13)25)30-16-4-1-11(28)7-14(16)23)20(32)31-9-21(33,10-31)5-6-29-8-15(24)19(26)27/h1-4,7,15,19,29-30,33H,5-6,8-10H2. The largest absolute Gasteiger partial charge is 0.386 e. The van der Waals surface area contributed by atoms with E-state index in [0.717, 1.165) is 12.1 Å². The Morgan fingerprint density at radius 2 is 1.82 bits per heavy atom. The Morgan fingerprint density at radius 3 is 2.45 bits per heavy atom. The summed E-state index contributed by atoms with van der Waals surface area (Å²) in [5.74, 6) is -4.04. The second kappa shape index (κ2) is 10.5. The quantitative estimate of drug-likeness (QED) is 0.234. The van der Waals surface area contributed by atoms with E-state index in [4.69, 9.17) is 0 Å². The normalized spacial score (nSPS) is 16.0. The number of amides is 1. The minimum absolute atomic E-state index is 0.0374. The third-order valence-electron chi connectivity index (χ3n) is 5.15. The average molecular weight is 587 g/mol. The molecule has 12 heteroatoms. The fourth-order valence-electron chi connectivity index (χ4n) is 3.36. The molecule has 1 aliphatic heterocycles. The fraction of sp³-hybridized carbons (Fsp3) is 0.381. The number of halogens is 7. The second-order valence-corrected chi connectivity index (χ2v) is 8.97. The Balaban J connectivity index is 1.67. The molecule has 0 aromatic heterocycles. The highest BCUT2D eigenvalue weighted by Gasteiger charge is 2.44. The molecule has 2 aromatic carbocycles. The number of benzene rings is 2. The number of alkyl halides is 3. The summed E-state index contributed by atoms with van der Waals surface area (Å²) in [6.07, 6.45) is -5.37. The smallest absolute Gasteiger partial charge is 0.270 e. The Hall–Kier alpha value is -2.06. The second-order valence-electron chi connectivity index (χ2n) is 7.72. The van der Waals surface area contributed by atoms with E-state index in [9.17, 15) is 36.2 Å². The van der Waals surface area contributed by atoms with Crippen LogP contribution in [0.4, 0.5) is 37.7 Å². The summed E-state index contributed by atoms with van der Waals surface area (Å²) in [4.78, 5) is 14.0. The zero-order valence-electron chi connectivity index (χ0n) is 17.0. The van der Waals surface area contributed by atoms with Crippen molar-refractivity contribution in [1.82, 2.24) is 10.2 Å². The molecule has 0 spiro atoms. The SMILES string of the molecule is O=C(c1ccc(F)c(F)c1Nc1ccc(I)cc1F)N1CC(O)(CCNCC(F)C(F)F)C1. The number of nitrogens with zero attached hydrogens (tertiary/aromatic N) is 1. The number of carbonyl (C=O) groups excluding carboxylic acids is 1. The molecule has 0 bridgehead atoms. The van der Waals surface area contributed by atoms with Crippen LogP contribution in [-0.4, -0.2) is 60.3 Å². The molecule has 1 amide bonds. The van der Waals surface area contributed by atoms with E-state index in [0.29, 0.717) is 3.57 Å². The van der Waals surface area contributed by atoms with Gasteiger partial charge in [0, 0.05) is 10.1 Å². The molecule has 1 fully saturated rings. The van der Waals surface area contributed by atoms with Crippen LogP contribution in [0.5, 0.6) is 0 Å². The highest BCUT2D eigenvalue weighted by Crippen LogP contribution is 2.32. The fourth-order valence-corrected chi connectivity index (χ4v) is 3.82. The molecule has 0 saturated carbocycles. The number of aliphatic hydroxyl groups is 1. The van der Waals surface area contributed by atoms with Crippen LogP contribution in [0, 0.1) is 21.0 Å². The van der Waals surface area contributed by atoms with E-state index in [2.05, 4.69) is 10.6 Å². The molecule has 5 nitrogen and oxygen atoms in total. The van der Waals surface area contributed by atoms with Gasteiger partial charge in [0.25, 0.3) is 12.3 Å². The van der Waals surface area contributed by atoms with Gasteiger partial charge >= 0.3 is 0 Å². The summed E-state index contributed by atoms with van der Waals surface area (Å²) in [5.41, 5.74) is -2.30. The number of anilines is 2. The number of rotatable bonds is 9. The Morgan fingerprint density at radius 1 is 1.12 bits per heavy atom. The third-order valence-corrected chi connectivity index (χ3v) is 5.82. The number of nitrogens with one attached hydrogen (secondary N) is 2. The van der Waals surface area contributed by atoms with Gasteiger partial charge in [0.1, 0.15) is 11.4 Å². The maximum absolute atomic E-state index is 14.5. The maximum atomic E-state index is 14.5. The highest BCUT2D eigenvalue weighted by atomic mass is 127. The lowest BCUT2D eigenvalue weighted by atomic mass is 9.89. The van der Waals surface area contributed by atoms with Crippen LogP contribution in [-0.2, 0) is 0 Å². The monoisotopic (exact) mass is 587 g/mol. The summed E-state index contributed by atoms with van der Waals surface area (Å²) in [7, 11) is 0. The average Bonchev–Trinajstić information content (AvgIpc) is 2.73.